The van der Waals surface area contributed by atoms with Gasteiger partial charge in [0.2, 0.25) is 0 Å². The minimum Gasteiger partial charge on any atom is -0.508 e. The number of thiocarbonyl (C=S) groups is 1. The standard InChI is InChI=1S/C14H13N3O2S/c18-12-5-1-10(2-6-12)9-15-17-14(20)16-11-3-7-13(19)8-4-11/h1-9,18-19H,(H2,16,17,20)/b15-9+. The zero-order chi connectivity index (χ0) is 14.4. The third kappa shape index (κ3) is 4.25. The Morgan fingerprint density at radius 3 is 2.10 bits per heavy atom. The molecule has 0 unspecified atom stereocenters. The molecular weight excluding hydrogens is 274 g/mol. The Hall–Kier alpha value is -2.60. The molecule has 2 aromatic carbocycles. The maximum Gasteiger partial charge on any atom is 0.191 e. The van der Waals surface area contributed by atoms with Gasteiger partial charge in [-0.05, 0) is 66.3 Å². The van der Waals surface area contributed by atoms with Gasteiger partial charge in [0.15, 0.2) is 5.11 Å². The van der Waals surface area contributed by atoms with E-state index in [-0.39, 0.29) is 11.5 Å². The van der Waals surface area contributed by atoms with Crippen LogP contribution in [0.15, 0.2) is 53.6 Å². The van der Waals surface area contributed by atoms with Crippen LogP contribution in [0.25, 0.3) is 0 Å². The van der Waals surface area contributed by atoms with Crippen molar-refractivity contribution in [2.45, 2.75) is 0 Å². The zero-order valence-electron chi connectivity index (χ0n) is 10.4. The van der Waals surface area contributed by atoms with Crippen molar-refractivity contribution in [1.29, 1.82) is 0 Å². The molecule has 0 amide bonds. The Bertz CT molecular complexity index is 609. The smallest absolute Gasteiger partial charge is 0.191 e. The first-order valence-electron chi connectivity index (χ1n) is 5.81. The minimum atomic E-state index is 0.194. The highest BCUT2D eigenvalue weighted by Gasteiger charge is 1.96. The van der Waals surface area contributed by atoms with Crippen molar-refractivity contribution in [2.24, 2.45) is 5.10 Å². The number of nitrogens with one attached hydrogen (secondary N) is 2. The van der Waals surface area contributed by atoms with Gasteiger partial charge in [-0.3, -0.25) is 5.43 Å². The number of aromatic hydroxyl groups is 2. The van der Waals surface area contributed by atoms with Crippen LogP contribution in [-0.4, -0.2) is 21.5 Å². The summed E-state index contributed by atoms with van der Waals surface area (Å²) in [5.74, 6) is 0.402. The van der Waals surface area contributed by atoms with E-state index in [1.54, 1.807) is 54.7 Å². The Morgan fingerprint density at radius 2 is 1.50 bits per heavy atom. The molecule has 102 valence electrons. The molecule has 0 aromatic heterocycles. The third-order valence-corrected chi connectivity index (χ3v) is 2.59. The highest BCUT2D eigenvalue weighted by Crippen LogP contribution is 2.13. The number of phenols is 2. The maximum atomic E-state index is 9.16. The van der Waals surface area contributed by atoms with Gasteiger partial charge in [-0.2, -0.15) is 5.10 Å². The summed E-state index contributed by atoms with van der Waals surface area (Å²) in [5, 5.41) is 25.5. The highest BCUT2D eigenvalue weighted by atomic mass is 32.1. The third-order valence-electron chi connectivity index (χ3n) is 2.40. The molecule has 0 fully saturated rings. The summed E-state index contributed by atoms with van der Waals surface area (Å²) in [4.78, 5) is 0. The van der Waals surface area contributed by atoms with Crippen LogP contribution in [0.3, 0.4) is 0 Å². The molecular formula is C14H13N3O2S. The van der Waals surface area contributed by atoms with Gasteiger partial charge in [-0.15, -0.1) is 0 Å². The van der Waals surface area contributed by atoms with Crippen LogP contribution in [-0.2, 0) is 0 Å². The summed E-state index contributed by atoms with van der Waals surface area (Å²) in [6, 6.07) is 13.1. The van der Waals surface area contributed by atoms with Gasteiger partial charge in [-0.1, -0.05) is 0 Å². The fourth-order valence-electron chi connectivity index (χ4n) is 1.43. The summed E-state index contributed by atoms with van der Waals surface area (Å²) in [6.45, 7) is 0. The Morgan fingerprint density at radius 1 is 0.950 bits per heavy atom. The van der Waals surface area contributed by atoms with Crippen LogP contribution in [0, 0.1) is 0 Å². The van der Waals surface area contributed by atoms with Gasteiger partial charge in [0, 0.05) is 5.69 Å². The van der Waals surface area contributed by atoms with E-state index in [4.69, 9.17) is 22.4 Å². The van der Waals surface area contributed by atoms with Crippen molar-refractivity contribution >= 4 is 29.2 Å². The number of hydrogen-bond acceptors (Lipinski definition) is 4. The van der Waals surface area contributed by atoms with Crippen molar-refractivity contribution in [3.8, 4) is 11.5 Å². The number of rotatable bonds is 3. The molecule has 0 saturated heterocycles. The monoisotopic (exact) mass is 287 g/mol. The predicted octanol–water partition coefficient (Wildman–Crippen LogP) is 2.42. The fraction of sp³-hybridized carbons (Fsp3) is 0. The van der Waals surface area contributed by atoms with E-state index in [9.17, 15) is 0 Å². The molecule has 0 aliphatic carbocycles. The van der Waals surface area contributed by atoms with E-state index in [2.05, 4.69) is 15.8 Å². The topological polar surface area (TPSA) is 76.9 Å². The summed E-state index contributed by atoms with van der Waals surface area (Å²) in [7, 11) is 0. The average molecular weight is 287 g/mol. The van der Waals surface area contributed by atoms with Crippen LogP contribution in [0.1, 0.15) is 5.56 Å². The molecule has 0 saturated carbocycles. The van der Waals surface area contributed by atoms with Crippen molar-refractivity contribution < 1.29 is 10.2 Å². The van der Waals surface area contributed by atoms with E-state index in [0.29, 0.717) is 5.11 Å². The van der Waals surface area contributed by atoms with Crippen molar-refractivity contribution in [3.63, 3.8) is 0 Å². The summed E-state index contributed by atoms with van der Waals surface area (Å²) < 4.78 is 0. The molecule has 4 N–H and O–H groups in total. The van der Waals surface area contributed by atoms with Gasteiger partial charge in [0.05, 0.1) is 6.21 Å². The van der Waals surface area contributed by atoms with Crippen molar-refractivity contribution in [2.75, 3.05) is 5.32 Å². The van der Waals surface area contributed by atoms with E-state index in [0.717, 1.165) is 11.3 Å². The lowest BCUT2D eigenvalue weighted by atomic mass is 10.2. The molecule has 0 aliphatic heterocycles. The SMILES string of the molecule is Oc1ccc(/C=N/NC(=S)Nc2ccc(O)cc2)cc1. The van der Waals surface area contributed by atoms with E-state index in [1.165, 1.54) is 0 Å². The van der Waals surface area contributed by atoms with Crippen LogP contribution < -0.4 is 10.7 Å². The molecule has 6 heteroatoms. The van der Waals surface area contributed by atoms with Crippen LogP contribution >= 0.6 is 12.2 Å². The lowest BCUT2D eigenvalue weighted by molar-refractivity contribution is 0.475. The Kier molecular flexibility index (Phi) is 4.52. The number of hydrogen-bond donors (Lipinski definition) is 4. The Labute approximate surface area is 121 Å². The quantitative estimate of drug-likeness (QED) is 0.302. The second kappa shape index (κ2) is 6.53. The van der Waals surface area contributed by atoms with Gasteiger partial charge in [0.25, 0.3) is 0 Å². The van der Waals surface area contributed by atoms with Crippen LogP contribution in [0.5, 0.6) is 11.5 Å². The Balaban J connectivity index is 1.85. The predicted molar refractivity (Wildman–Crippen MR) is 83.2 cm³/mol. The largest absolute Gasteiger partial charge is 0.508 e. The molecule has 0 spiro atoms. The first-order chi connectivity index (χ1) is 9.63. The lowest BCUT2D eigenvalue weighted by Crippen LogP contribution is -2.23. The van der Waals surface area contributed by atoms with Crippen LogP contribution in [0.2, 0.25) is 0 Å². The number of anilines is 1. The molecule has 2 rings (SSSR count). The second-order valence-electron chi connectivity index (χ2n) is 3.96. The first kappa shape index (κ1) is 13.8. The van der Waals surface area contributed by atoms with Crippen molar-refractivity contribution in [1.82, 2.24) is 5.43 Å². The molecule has 0 radical (unpaired) electrons. The molecule has 0 bridgehead atoms. The normalized spacial score (nSPS) is 10.4. The molecule has 5 nitrogen and oxygen atoms in total. The molecule has 2 aromatic rings. The van der Waals surface area contributed by atoms with Gasteiger partial charge < -0.3 is 15.5 Å². The average Bonchev–Trinajstić information content (AvgIpc) is 2.44. The summed E-state index contributed by atoms with van der Waals surface area (Å²) in [6.07, 6.45) is 1.59. The maximum absolute atomic E-state index is 9.16. The minimum absolute atomic E-state index is 0.194. The molecule has 0 atom stereocenters. The zero-order valence-corrected chi connectivity index (χ0v) is 11.3. The summed E-state index contributed by atoms with van der Waals surface area (Å²) in [5.41, 5.74) is 4.26. The first-order valence-corrected chi connectivity index (χ1v) is 6.22. The molecule has 20 heavy (non-hydrogen) atoms. The molecule has 0 heterocycles. The molecule has 0 aliphatic rings. The fourth-order valence-corrected chi connectivity index (χ4v) is 1.60. The summed E-state index contributed by atoms with van der Waals surface area (Å²) >= 11 is 5.07. The highest BCUT2D eigenvalue weighted by molar-refractivity contribution is 7.80. The van der Waals surface area contributed by atoms with E-state index < -0.39 is 0 Å². The number of hydrazone groups is 1. The van der Waals surface area contributed by atoms with E-state index >= 15 is 0 Å². The van der Waals surface area contributed by atoms with Crippen LogP contribution in [0.4, 0.5) is 5.69 Å². The van der Waals surface area contributed by atoms with Gasteiger partial charge >= 0.3 is 0 Å². The number of nitrogens with zero attached hydrogens (tertiary/aromatic N) is 1. The van der Waals surface area contributed by atoms with Gasteiger partial charge in [-0.25, -0.2) is 0 Å². The van der Waals surface area contributed by atoms with Gasteiger partial charge in [0.1, 0.15) is 11.5 Å². The second-order valence-corrected chi connectivity index (χ2v) is 4.37. The van der Waals surface area contributed by atoms with Crippen molar-refractivity contribution in [3.05, 3.63) is 54.1 Å². The lowest BCUT2D eigenvalue weighted by Gasteiger charge is -2.06. The number of benzene rings is 2. The number of phenolic OH excluding ortho intramolecular Hbond substituents is 2. The van der Waals surface area contributed by atoms with E-state index in [1.807, 2.05) is 0 Å².